The van der Waals surface area contributed by atoms with E-state index in [1.54, 1.807) is 0 Å². The van der Waals surface area contributed by atoms with Crippen LogP contribution < -0.4 is 5.32 Å². The van der Waals surface area contributed by atoms with E-state index in [0.29, 0.717) is 0 Å². The predicted octanol–water partition coefficient (Wildman–Crippen LogP) is -0.923. The van der Waals surface area contributed by atoms with Crippen molar-refractivity contribution >= 4 is 39.0 Å². The summed E-state index contributed by atoms with van der Waals surface area (Å²) in [6.07, 6.45) is -0.200. The minimum Gasteiger partial charge on any atom is -0.477 e. The van der Waals surface area contributed by atoms with Crippen LogP contribution in [0.4, 0.5) is 0 Å². The first-order chi connectivity index (χ1) is 11.9. The number of amides is 2. The summed E-state index contributed by atoms with van der Waals surface area (Å²) in [5.74, 6) is -3.59. The lowest BCUT2D eigenvalue weighted by Gasteiger charge is -2.45. The zero-order valence-corrected chi connectivity index (χ0v) is 15.2. The van der Waals surface area contributed by atoms with Crippen LogP contribution >= 0.6 is 0 Å². The molecule has 0 aliphatic carbocycles. The molecule has 2 amide bonds. The number of aliphatic carboxylic acids is 1. The van der Waals surface area contributed by atoms with E-state index < -0.39 is 62.7 Å². The SMILES string of the molecule is CC(=O)N/C=C/[S@@](=O)C1=C(C(=O)O)N2C(=O)[C@@H]([C@H](C)OS(=O)(=O)O)[C@H]2C1. The van der Waals surface area contributed by atoms with E-state index in [2.05, 4.69) is 9.50 Å². The molecule has 0 spiro atoms. The Hall–Kier alpha value is -2.09. The molecule has 144 valence electrons. The van der Waals surface area contributed by atoms with Crippen LogP contribution in [-0.2, 0) is 39.8 Å². The molecule has 2 aliphatic rings. The van der Waals surface area contributed by atoms with Gasteiger partial charge in [0.25, 0.3) is 0 Å². The van der Waals surface area contributed by atoms with Crippen molar-refractivity contribution in [2.24, 2.45) is 5.92 Å². The molecule has 2 rings (SSSR count). The average molecular weight is 408 g/mol. The van der Waals surface area contributed by atoms with Gasteiger partial charge in [0, 0.05) is 25.0 Å². The van der Waals surface area contributed by atoms with Gasteiger partial charge < -0.3 is 15.3 Å². The lowest BCUT2D eigenvalue weighted by atomic mass is 9.83. The minimum absolute atomic E-state index is 0.0426. The van der Waals surface area contributed by atoms with E-state index in [4.69, 9.17) is 4.55 Å². The van der Waals surface area contributed by atoms with Crippen LogP contribution in [-0.4, -0.2) is 57.1 Å². The lowest BCUT2D eigenvalue weighted by Crippen LogP contribution is -2.62. The predicted molar refractivity (Wildman–Crippen MR) is 86.6 cm³/mol. The molecule has 0 radical (unpaired) electrons. The number of carbonyl (C=O) groups excluding carboxylic acids is 2. The van der Waals surface area contributed by atoms with E-state index in [1.165, 1.54) is 13.8 Å². The number of nitrogens with one attached hydrogen (secondary N) is 1. The smallest absolute Gasteiger partial charge is 0.397 e. The molecule has 26 heavy (non-hydrogen) atoms. The van der Waals surface area contributed by atoms with Gasteiger partial charge in [-0.15, -0.1) is 0 Å². The third-order valence-corrected chi connectivity index (χ3v) is 5.65. The molecule has 0 unspecified atom stereocenters. The second-order valence-electron chi connectivity index (χ2n) is 5.61. The number of β-lactam (4-membered cyclic amide) rings is 1. The maximum Gasteiger partial charge on any atom is 0.397 e. The maximum absolute atomic E-state index is 12.3. The fourth-order valence-corrected chi connectivity index (χ4v) is 4.51. The molecular formula is C13H16N2O9S2. The van der Waals surface area contributed by atoms with Crippen molar-refractivity contribution in [1.29, 1.82) is 0 Å². The lowest BCUT2D eigenvalue weighted by molar-refractivity contribution is -0.160. The molecule has 0 aromatic heterocycles. The zero-order valence-electron chi connectivity index (χ0n) is 13.6. The summed E-state index contributed by atoms with van der Waals surface area (Å²) in [6.45, 7) is 2.48. The summed E-state index contributed by atoms with van der Waals surface area (Å²) in [5.41, 5.74) is -0.443. The van der Waals surface area contributed by atoms with Crippen molar-refractivity contribution in [3.8, 4) is 0 Å². The number of carboxylic acid groups (broad SMARTS) is 1. The summed E-state index contributed by atoms with van der Waals surface area (Å²) in [6, 6.07) is -0.751. The number of hydrogen-bond acceptors (Lipinski definition) is 7. The Kier molecular flexibility index (Phi) is 5.65. The van der Waals surface area contributed by atoms with Crippen LogP contribution in [0.15, 0.2) is 22.2 Å². The summed E-state index contributed by atoms with van der Waals surface area (Å²) >= 11 is 0. The first-order valence-corrected chi connectivity index (χ1v) is 9.81. The molecule has 0 aromatic carbocycles. The Bertz CT molecular complexity index is 846. The van der Waals surface area contributed by atoms with Gasteiger partial charge in [-0.2, -0.15) is 8.42 Å². The third kappa shape index (κ3) is 4.00. The van der Waals surface area contributed by atoms with Gasteiger partial charge in [0.05, 0.1) is 33.8 Å². The van der Waals surface area contributed by atoms with Gasteiger partial charge in [-0.25, -0.2) is 13.2 Å². The molecule has 1 fully saturated rings. The Labute approximate surface area is 151 Å². The molecule has 2 aliphatic heterocycles. The van der Waals surface area contributed by atoms with E-state index in [1.807, 2.05) is 0 Å². The highest BCUT2D eigenvalue weighted by molar-refractivity contribution is 7.91. The van der Waals surface area contributed by atoms with Gasteiger partial charge in [-0.3, -0.25) is 14.1 Å². The Morgan fingerprint density at radius 1 is 1.46 bits per heavy atom. The van der Waals surface area contributed by atoms with Crippen molar-refractivity contribution in [3.63, 3.8) is 0 Å². The van der Waals surface area contributed by atoms with Crippen molar-refractivity contribution in [2.75, 3.05) is 0 Å². The number of carbonyl (C=O) groups is 3. The van der Waals surface area contributed by atoms with Crippen LogP contribution in [0.25, 0.3) is 0 Å². The number of hydrogen-bond donors (Lipinski definition) is 3. The van der Waals surface area contributed by atoms with Crippen LogP contribution in [0, 0.1) is 5.92 Å². The number of carboxylic acids is 1. The highest BCUT2D eigenvalue weighted by Gasteiger charge is 2.58. The molecule has 2 heterocycles. The Balaban J connectivity index is 2.24. The van der Waals surface area contributed by atoms with Gasteiger partial charge in [0.1, 0.15) is 5.70 Å². The second-order valence-corrected chi connectivity index (χ2v) is 8.02. The van der Waals surface area contributed by atoms with Crippen molar-refractivity contribution in [1.82, 2.24) is 10.2 Å². The Morgan fingerprint density at radius 2 is 2.08 bits per heavy atom. The molecule has 3 N–H and O–H groups in total. The Morgan fingerprint density at radius 3 is 2.58 bits per heavy atom. The van der Waals surface area contributed by atoms with Crippen LogP contribution in [0.5, 0.6) is 0 Å². The minimum atomic E-state index is -4.79. The third-order valence-electron chi connectivity index (χ3n) is 3.87. The second kappa shape index (κ2) is 7.26. The quantitative estimate of drug-likeness (QED) is 0.356. The maximum atomic E-state index is 12.3. The van der Waals surface area contributed by atoms with Crippen molar-refractivity contribution in [2.45, 2.75) is 32.4 Å². The van der Waals surface area contributed by atoms with Crippen LogP contribution in [0.2, 0.25) is 0 Å². The molecular weight excluding hydrogens is 392 g/mol. The number of nitrogens with zero attached hydrogens (tertiary/aromatic N) is 1. The largest absolute Gasteiger partial charge is 0.477 e. The van der Waals surface area contributed by atoms with E-state index >= 15 is 0 Å². The standard InChI is InChI=1S/C13H16N2O9S2/c1-6(24-26(21,22)23)10-8-5-9(25(20)4-3-14-7(2)16)11(13(18)19)15(8)12(10)17/h3-4,6,8,10H,5H2,1-2H3,(H,14,16)(H,18,19)(H,21,22,23)/b4-3+/t6-,8+,10-,25+/m0/s1. The summed E-state index contributed by atoms with van der Waals surface area (Å²) in [4.78, 5) is 35.4. The zero-order chi connectivity index (χ0) is 19.8. The van der Waals surface area contributed by atoms with Gasteiger partial charge in [-0.1, -0.05) is 0 Å². The molecule has 1 saturated heterocycles. The number of rotatable bonds is 7. The number of fused-ring (bicyclic) bond motifs is 1. The molecule has 11 nitrogen and oxygen atoms in total. The summed E-state index contributed by atoms with van der Waals surface area (Å²) in [7, 11) is -6.71. The van der Waals surface area contributed by atoms with Gasteiger partial charge in [0.2, 0.25) is 11.8 Å². The first kappa shape index (κ1) is 20.2. The van der Waals surface area contributed by atoms with Crippen LogP contribution in [0.3, 0.4) is 0 Å². The van der Waals surface area contributed by atoms with E-state index in [-0.39, 0.29) is 11.3 Å². The monoisotopic (exact) mass is 408 g/mol. The summed E-state index contributed by atoms with van der Waals surface area (Å²) in [5, 5.41) is 12.7. The molecule has 0 saturated carbocycles. The van der Waals surface area contributed by atoms with Crippen molar-refractivity contribution < 1.29 is 40.9 Å². The molecule has 4 atom stereocenters. The normalized spacial score (nSPS) is 25.0. The van der Waals surface area contributed by atoms with Crippen molar-refractivity contribution in [3.05, 3.63) is 22.2 Å². The van der Waals surface area contributed by atoms with E-state index in [9.17, 15) is 32.1 Å². The topological polar surface area (TPSA) is 167 Å². The molecule has 0 aromatic rings. The first-order valence-electron chi connectivity index (χ1n) is 7.23. The fourth-order valence-electron chi connectivity index (χ4n) is 2.94. The van der Waals surface area contributed by atoms with Gasteiger partial charge in [-0.05, 0) is 6.92 Å². The average Bonchev–Trinajstić information content (AvgIpc) is 2.80. The van der Waals surface area contributed by atoms with Gasteiger partial charge in [0.15, 0.2) is 0 Å². The highest BCUT2D eigenvalue weighted by atomic mass is 32.3. The molecule has 13 heteroatoms. The highest BCUT2D eigenvalue weighted by Crippen LogP contribution is 2.45. The molecule has 0 bridgehead atoms. The summed E-state index contributed by atoms with van der Waals surface area (Å²) < 4.78 is 47.1. The van der Waals surface area contributed by atoms with E-state index in [0.717, 1.165) is 16.5 Å². The fraction of sp³-hybridized carbons (Fsp3) is 0.462. The van der Waals surface area contributed by atoms with Crippen LogP contribution in [0.1, 0.15) is 20.3 Å². The van der Waals surface area contributed by atoms with Gasteiger partial charge >= 0.3 is 16.4 Å².